The number of aromatic nitrogens is 5. The fraction of sp³-hybridized carbons (Fsp3) is 0.296. The Morgan fingerprint density at radius 2 is 1.90 bits per heavy atom. The minimum atomic E-state index is -1.34. The molecule has 0 aliphatic carbocycles. The third-order valence-electron chi connectivity index (χ3n) is 6.56. The number of carbonyl (C=O) groups is 3. The number of hydrogen-bond acceptors (Lipinski definition) is 7. The topological polar surface area (TPSA) is 123 Å². The van der Waals surface area contributed by atoms with E-state index in [0.717, 1.165) is 23.4 Å². The number of alkyl halides is 1. The summed E-state index contributed by atoms with van der Waals surface area (Å²) in [6, 6.07) is 9.45. The van der Waals surface area contributed by atoms with Gasteiger partial charge in [0.15, 0.2) is 5.78 Å². The minimum absolute atomic E-state index is 0.119. The predicted octanol–water partition coefficient (Wildman–Crippen LogP) is 3.99. The highest BCUT2D eigenvalue weighted by Gasteiger charge is 2.40. The Balaban J connectivity index is 1.40. The summed E-state index contributed by atoms with van der Waals surface area (Å²) in [5.41, 5.74) is 2.37. The number of Topliss-reactive ketones (excluding diaryl/α,β-unsaturated/α-hetero) is 1. The monoisotopic (exact) mass is 593 g/mol. The molecule has 0 saturated carbocycles. The molecule has 2 amide bonds. The standard InChI is InChI=1S/C27H25BrFN7O3/c1-3-23-30-11-17(12-31-23)16-7-8-20-19(9-16)26(15(2)37)34-36(20)14-25(38)35-13-18(29)10-21(35)27(39)33-24-6-4-5-22(28)32-24/h4-9,11-12,18,21H,3,10,13-14H2,1-2H3,(H,32,33,39)/t18-,21+/m1/s1. The van der Waals surface area contributed by atoms with Gasteiger partial charge in [-0.15, -0.1) is 0 Å². The maximum absolute atomic E-state index is 14.4. The number of likely N-dealkylation sites (tertiary alicyclic amines) is 1. The Labute approximate surface area is 231 Å². The number of ketones is 1. The summed E-state index contributed by atoms with van der Waals surface area (Å²) in [5, 5.41) is 7.64. The number of benzene rings is 1. The Morgan fingerprint density at radius 3 is 2.59 bits per heavy atom. The van der Waals surface area contributed by atoms with Crippen molar-refractivity contribution in [3.8, 4) is 11.1 Å². The number of nitrogens with one attached hydrogen (secondary N) is 1. The van der Waals surface area contributed by atoms with Gasteiger partial charge in [-0.05, 0) is 45.8 Å². The van der Waals surface area contributed by atoms with Crippen LogP contribution in [0.5, 0.6) is 0 Å². The van der Waals surface area contributed by atoms with Crippen LogP contribution in [0.1, 0.15) is 36.6 Å². The summed E-state index contributed by atoms with van der Waals surface area (Å²) in [4.78, 5) is 52.8. The summed E-state index contributed by atoms with van der Waals surface area (Å²) >= 11 is 3.25. The van der Waals surface area contributed by atoms with Crippen LogP contribution >= 0.6 is 15.9 Å². The van der Waals surface area contributed by atoms with Crippen LogP contribution in [0.2, 0.25) is 0 Å². The molecule has 2 atom stereocenters. The molecule has 5 rings (SSSR count). The van der Waals surface area contributed by atoms with Crippen molar-refractivity contribution < 1.29 is 18.8 Å². The van der Waals surface area contributed by atoms with Gasteiger partial charge in [0, 0.05) is 43.1 Å². The zero-order valence-electron chi connectivity index (χ0n) is 21.3. The number of anilines is 1. The molecule has 1 saturated heterocycles. The molecule has 1 fully saturated rings. The summed E-state index contributed by atoms with van der Waals surface area (Å²) in [5.74, 6) is -0.245. The Bertz CT molecular complexity index is 1570. The van der Waals surface area contributed by atoms with Crippen LogP contribution < -0.4 is 5.32 Å². The van der Waals surface area contributed by atoms with Crippen molar-refractivity contribution in [2.45, 2.75) is 45.4 Å². The molecule has 0 bridgehead atoms. The van der Waals surface area contributed by atoms with Crippen LogP contribution in [0.15, 0.2) is 53.4 Å². The molecule has 1 aliphatic heterocycles. The van der Waals surface area contributed by atoms with Crippen molar-refractivity contribution >= 4 is 50.2 Å². The number of rotatable bonds is 7. The van der Waals surface area contributed by atoms with Crippen molar-refractivity contribution in [3.63, 3.8) is 0 Å². The van der Waals surface area contributed by atoms with Gasteiger partial charge in [-0.3, -0.25) is 19.1 Å². The lowest BCUT2D eigenvalue weighted by atomic mass is 10.0. The van der Waals surface area contributed by atoms with Crippen molar-refractivity contribution in [1.29, 1.82) is 0 Å². The molecule has 1 aliphatic rings. The molecule has 4 aromatic rings. The first-order valence-electron chi connectivity index (χ1n) is 12.4. The second-order valence-electron chi connectivity index (χ2n) is 9.27. The van der Waals surface area contributed by atoms with Crippen LogP contribution in [0, 0.1) is 0 Å². The van der Waals surface area contributed by atoms with E-state index < -0.39 is 24.0 Å². The summed E-state index contributed by atoms with van der Waals surface area (Å²) in [7, 11) is 0. The molecular weight excluding hydrogens is 569 g/mol. The molecule has 200 valence electrons. The van der Waals surface area contributed by atoms with Crippen LogP contribution in [0.25, 0.3) is 22.0 Å². The third-order valence-corrected chi connectivity index (χ3v) is 7.00. The van der Waals surface area contributed by atoms with Gasteiger partial charge < -0.3 is 10.2 Å². The van der Waals surface area contributed by atoms with Crippen LogP contribution in [-0.2, 0) is 22.6 Å². The maximum atomic E-state index is 14.4. The van der Waals surface area contributed by atoms with E-state index in [4.69, 9.17) is 0 Å². The predicted molar refractivity (Wildman–Crippen MR) is 146 cm³/mol. The van der Waals surface area contributed by atoms with Gasteiger partial charge in [-0.2, -0.15) is 5.10 Å². The molecule has 0 spiro atoms. The number of aryl methyl sites for hydroxylation is 1. The molecule has 0 unspecified atom stereocenters. The highest BCUT2D eigenvalue weighted by Crippen LogP contribution is 2.28. The molecule has 39 heavy (non-hydrogen) atoms. The highest BCUT2D eigenvalue weighted by atomic mass is 79.9. The number of carbonyl (C=O) groups excluding carboxylic acids is 3. The maximum Gasteiger partial charge on any atom is 0.248 e. The first kappa shape index (κ1) is 26.5. The van der Waals surface area contributed by atoms with Gasteiger partial charge in [0.2, 0.25) is 11.8 Å². The van der Waals surface area contributed by atoms with Crippen LogP contribution in [0.3, 0.4) is 0 Å². The van der Waals surface area contributed by atoms with Gasteiger partial charge in [0.1, 0.15) is 40.7 Å². The Morgan fingerprint density at radius 1 is 1.13 bits per heavy atom. The first-order valence-corrected chi connectivity index (χ1v) is 13.2. The quantitative estimate of drug-likeness (QED) is 0.254. The summed E-state index contributed by atoms with van der Waals surface area (Å²) in [6.45, 7) is 2.91. The number of nitrogens with zero attached hydrogens (tertiary/aromatic N) is 6. The fourth-order valence-electron chi connectivity index (χ4n) is 4.64. The zero-order chi connectivity index (χ0) is 27.7. The number of halogens is 2. The van der Waals surface area contributed by atoms with Crippen LogP contribution in [-0.4, -0.2) is 66.0 Å². The lowest BCUT2D eigenvalue weighted by molar-refractivity contribution is -0.137. The van der Waals surface area contributed by atoms with Gasteiger partial charge in [0.05, 0.1) is 12.1 Å². The smallest absolute Gasteiger partial charge is 0.248 e. The summed E-state index contributed by atoms with van der Waals surface area (Å²) < 4.78 is 16.4. The average molecular weight is 594 g/mol. The van der Waals surface area contributed by atoms with Gasteiger partial charge >= 0.3 is 0 Å². The third kappa shape index (κ3) is 5.56. The van der Waals surface area contributed by atoms with Gasteiger partial charge in [0.25, 0.3) is 0 Å². The van der Waals surface area contributed by atoms with Gasteiger partial charge in [-0.25, -0.2) is 19.3 Å². The van der Waals surface area contributed by atoms with E-state index in [0.29, 0.717) is 21.3 Å². The van der Waals surface area contributed by atoms with Gasteiger partial charge in [-0.1, -0.05) is 19.1 Å². The van der Waals surface area contributed by atoms with Crippen molar-refractivity contribution in [1.82, 2.24) is 29.6 Å². The van der Waals surface area contributed by atoms with E-state index in [9.17, 15) is 18.8 Å². The van der Waals surface area contributed by atoms with Crippen LogP contribution in [0.4, 0.5) is 10.2 Å². The second-order valence-corrected chi connectivity index (χ2v) is 10.1. The molecule has 10 nitrogen and oxygen atoms in total. The molecule has 1 N–H and O–H groups in total. The largest absolute Gasteiger partial charge is 0.326 e. The van der Waals surface area contributed by atoms with E-state index in [2.05, 4.69) is 41.3 Å². The van der Waals surface area contributed by atoms with E-state index in [1.807, 2.05) is 19.1 Å². The highest BCUT2D eigenvalue weighted by molar-refractivity contribution is 9.10. The van der Waals surface area contributed by atoms with E-state index >= 15 is 0 Å². The lowest BCUT2D eigenvalue weighted by Crippen LogP contribution is -2.44. The number of fused-ring (bicyclic) bond motifs is 1. The molecule has 12 heteroatoms. The van der Waals surface area contributed by atoms with E-state index in [1.54, 1.807) is 36.7 Å². The van der Waals surface area contributed by atoms with E-state index in [1.165, 1.54) is 16.5 Å². The minimum Gasteiger partial charge on any atom is -0.326 e. The number of pyridine rings is 1. The number of hydrogen-bond donors (Lipinski definition) is 1. The van der Waals surface area contributed by atoms with Crippen molar-refractivity contribution in [2.24, 2.45) is 0 Å². The second kappa shape index (κ2) is 11.0. The normalized spacial score (nSPS) is 17.0. The average Bonchev–Trinajstić information content (AvgIpc) is 3.49. The van der Waals surface area contributed by atoms with Crippen molar-refractivity contribution in [3.05, 3.63) is 64.9 Å². The fourth-order valence-corrected chi connectivity index (χ4v) is 4.98. The zero-order valence-corrected chi connectivity index (χ0v) is 22.9. The molecular formula is C27H25BrFN7O3. The Hall–Kier alpha value is -4.06. The van der Waals surface area contributed by atoms with Crippen molar-refractivity contribution in [2.75, 3.05) is 11.9 Å². The first-order chi connectivity index (χ1) is 18.7. The molecule has 1 aromatic carbocycles. The molecule has 3 aromatic heterocycles. The SMILES string of the molecule is CCc1ncc(-c2ccc3c(c2)c(C(C)=O)nn3CC(=O)N2C[C@H](F)C[C@H]2C(=O)Nc2cccc(Br)n2)cn1. The lowest BCUT2D eigenvalue weighted by Gasteiger charge is -2.23. The summed E-state index contributed by atoms with van der Waals surface area (Å²) in [6.07, 6.45) is 2.71. The molecule has 0 radical (unpaired) electrons. The number of amides is 2. The molecule has 4 heterocycles. The van der Waals surface area contributed by atoms with E-state index in [-0.39, 0.29) is 31.0 Å². The Kier molecular flexibility index (Phi) is 7.47.